The van der Waals surface area contributed by atoms with Crippen LogP contribution in [0.3, 0.4) is 0 Å². The van der Waals surface area contributed by atoms with E-state index in [1.165, 1.54) is 23.4 Å². The van der Waals surface area contributed by atoms with Gasteiger partial charge in [-0.15, -0.1) is 14.6 Å². The average molecular weight is 312 g/mol. The number of hydrogen-bond donors (Lipinski definition) is 1. The maximum Gasteiger partial charge on any atom is 0.312 e. The Kier molecular flexibility index (Phi) is 4.00. The third-order valence-electron chi connectivity index (χ3n) is 2.16. The van der Waals surface area contributed by atoms with Gasteiger partial charge in [0.15, 0.2) is 0 Å². The Labute approximate surface area is 120 Å². The fourth-order valence-electron chi connectivity index (χ4n) is 1.24. The van der Waals surface area contributed by atoms with Crippen LogP contribution < -0.4 is 0 Å². The molecule has 0 atom stereocenters. The number of aromatic hydroxyl groups is 1. The number of phenols is 1. The van der Waals surface area contributed by atoms with Crippen LogP contribution in [0.1, 0.15) is 0 Å². The number of hydrogen-bond acceptors (Lipinski definition) is 6. The predicted octanol–water partition coefficient (Wildman–Crippen LogP) is 1.19. The van der Waals surface area contributed by atoms with E-state index in [0.29, 0.717) is 10.6 Å². The summed E-state index contributed by atoms with van der Waals surface area (Å²) in [4.78, 5) is 1.51. The van der Waals surface area contributed by atoms with E-state index in [0.717, 1.165) is 11.3 Å². The van der Waals surface area contributed by atoms with E-state index in [9.17, 15) is 13.5 Å². The first-order valence-corrected chi connectivity index (χ1v) is 7.74. The number of rotatable bonds is 4. The van der Waals surface area contributed by atoms with Crippen molar-refractivity contribution in [3.05, 3.63) is 24.3 Å². The summed E-state index contributed by atoms with van der Waals surface area (Å²) in [7, 11) is -0.492. The van der Waals surface area contributed by atoms with Crippen LogP contribution in [0, 0.1) is 0 Å². The van der Waals surface area contributed by atoms with E-state index >= 15 is 0 Å². The zero-order valence-corrected chi connectivity index (χ0v) is 12.4. The van der Waals surface area contributed by atoms with E-state index in [4.69, 9.17) is 0 Å². The normalized spacial score (nSPS) is 11.9. The first-order chi connectivity index (χ1) is 9.38. The lowest BCUT2D eigenvalue weighted by atomic mass is 10.2. The van der Waals surface area contributed by atoms with E-state index in [1.807, 2.05) is 0 Å². The minimum atomic E-state index is -3.83. The second-order valence-electron chi connectivity index (χ2n) is 4.08. The van der Waals surface area contributed by atoms with Gasteiger partial charge in [-0.1, -0.05) is 11.3 Å². The number of nitrogens with zero attached hydrogens (tertiary/aromatic N) is 4. The molecule has 1 aromatic heterocycles. The Bertz CT molecular complexity index is 720. The minimum absolute atomic E-state index is 0.127. The van der Waals surface area contributed by atoms with E-state index in [2.05, 4.69) is 14.6 Å². The van der Waals surface area contributed by atoms with E-state index < -0.39 is 10.0 Å². The van der Waals surface area contributed by atoms with Crippen LogP contribution in [-0.2, 0) is 10.0 Å². The van der Waals surface area contributed by atoms with E-state index in [1.54, 1.807) is 26.2 Å². The van der Waals surface area contributed by atoms with Crippen molar-refractivity contribution in [2.45, 2.75) is 4.34 Å². The van der Waals surface area contributed by atoms with Gasteiger partial charge in [0.2, 0.25) is 0 Å². The van der Waals surface area contributed by atoms with Gasteiger partial charge in [-0.2, -0.15) is 8.42 Å². The van der Waals surface area contributed by atoms with Gasteiger partial charge in [-0.3, -0.25) is 0 Å². The molecule has 1 heterocycles. The molecule has 9 heteroatoms. The van der Waals surface area contributed by atoms with Crippen LogP contribution in [0.15, 0.2) is 33.0 Å². The van der Waals surface area contributed by atoms with Crippen molar-refractivity contribution in [3.63, 3.8) is 0 Å². The average Bonchev–Trinajstić information content (AvgIpc) is 2.88. The summed E-state index contributed by atoms with van der Waals surface area (Å²) in [5.74, 6) is 0.127. The molecule has 0 bridgehead atoms. The molecule has 0 aliphatic rings. The zero-order chi connectivity index (χ0) is 14.8. The number of sulfonamides is 1. The highest BCUT2D eigenvalue weighted by Crippen LogP contribution is 2.27. The third-order valence-corrected chi connectivity index (χ3v) is 4.70. The Morgan fingerprint density at radius 3 is 2.50 bits per heavy atom. The summed E-state index contributed by atoms with van der Waals surface area (Å²) < 4.78 is 27.1. The highest BCUT2D eigenvalue weighted by molar-refractivity contribution is 7.92. The number of benzene rings is 1. The van der Waals surface area contributed by atoms with Gasteiger partial charge in [-0.25, -0.2) is 0 Å². The van der Waals surface area contributed by atoms with Gasteiger partial charge >= 0.3 is 10.0 Å². The Morgan fingerprint density at radius 1 is 1.25 bits per heavy atom. The predicted molar refractivity (Wildman–Crippen MR) is 76.4 cm³/mol. The molecule has 2 rings (SSSR count). The molecule has 0 saturated carbocycles. The molecular formula is C11H12N4O3S2. The van der Waals surface area contributed by atoms with E-state index in [-0.39, 0.29) is 10.1 Å². The lowest BCUT2D eigenvalue weighted by Gasteiger charge is -2.00. The highest BCUT2D eigenvalue weighted by atomic mass is 32.2. The SMILES string of the molecule is CN(C)/C=N/S(=O)(=O)c1nnc(-c2ccc(O)cc2)s1. The van der Waals surface area contributed by atoms with Crippen molar-refractivity contribution < 1.29 is 13.5 Å². The molecular weight excluding hydrogens is 300 g/mol. The standard InChI is InChI=1S/C11H12N4O3S2/c1-15(2)7-12-20(17,18)11-14-13-10(19-11)8-3-5-9(16)6-4-8/h3-7,16H,1-2H3/b12-7+. The van der Waals surface area contributed by atoms with Crippen molar-refractivity contribution in [2.24, 2.45) is 4.40 Å². The largest absolute Gasteiger partial charge is 0.508 e. The van der Waals surface area contributed by atoms with Crippen LogP contribution >= 0.6 is 11.3 Å². The molecule has 0 fully saturated rings. The van der Waals surface area contributed by atoms with Gasteiger partial charge in [-0.05, 0) is 24.3 Å². The summed E-state index contributed by atoms with van der Waals surface area (Å²) in [6, 6.07) is 6.26. The molecule has 1 N–H and O–H groups in total. The first kappa shape index (κ1) is 14.4. The fraction of sp³-hybridized carbons (Fsp3) is 0.182. The minimum Gasteiger partial charge on any atom is -0.508 e. The van der Waals surface area contributed by atoms with Crippen LogP contribution in [0.25, 0.3) is 10.6 Å². The van der Waals surface area contributed by atoms with Crippen molar-refractivity contribution in [3.8, 4) is 16.3 Å². The van der Waals surface area contributed by atoms with Crippen LogP contribution in [0.2, 0.25) is 0 Å². The fourth-order valence-corrected chi connectivity index (χ4v) is 3.15. The summed E-state index contributed by atoms with van der Waals surface area (Å²) in [6.07, 6.45) is 1.19. The maximum atomic E-state index is 11.9. The Hall–Kier alpha value is -2.00. The van der Waals surface area contributed by atoms with Crippen molar-refractivity contribution >= 4 is 27.7 Å². The highest BCUT2D eigenvalue weighted by Gasteiger charge is 2.19. The van der Waals surface area contributed by atoms with Crippen molar-refractivity contribution in [1.82, 2.24) is 15.1 Å². The molecule has 0 unspecified atom stereocenters. The van der Waals surface area contributed by atoms with Crippen molar-refractivity contribution in [1.29, 1.82) is 0 Å². The van der Waals surface area contributed by atoms with Crippen LogP contribution in [0.4, 0.5) is 0 Å². The maximum absolute atomic E-state index is 11.9. The van der Waals surface area contributed by atoms with Gasteiger partial charge < -0.3 is 10.0 Å². The molecule has 1 aromatic carbocycles. The molecule has 0 radical (unpaired) electrons. The number of aromatic nitrogens is 2. The Morgan fingerprint density at radius 2 is 1.90 bits per heavy atom. The van der Waals surface area contributed by atoms with Crippen LogP contribution in [-0.4, -0.2) is 49.1 Å². The van der Waals surface area contributed by atoms with Gasteiger partial charge in [0, 0.05) is 19.7 Å². The topological polar surface area (TPSA) is 95.8 Å². The number of phenolic OH excluding ortho intramolecular Hbond substituents is 1. The molecule has 2 aromatic rings. The molecule has 0 aliphatic heterocycles. The lowest BCUT2D eigenvalue weighted by Crippen LogP contribution is -2.10. The zero-order valence-electron chi connectivity index (χ0n) is 10.8. The summed E-state index contributed by atoms with van der Waals surface area (Å²) in [6.45, 7) is 0. The molecule has 0 amide bonds. The molecule has 7 nitrogen and oxygen atoms in total. The smallest absolute Gasteiger partial charge is 0.312 e. The van der Waals surface area contributed by atoms with Gasteiger partial charge in [0.05, 0.1) is 0 Å². The molecule has 0 saturated heterocycles. The second-order valence-corrected chi connectivity index (χ2v) is 6.86. The monoisotopic (exact) mass is 312 g/mol. The van der Waals surface area contributed by atoms with Gasteiger partial charge in [0.1, 0.15) is 17.1 Å². The molecule has 0 spiro atoms. The summed E-state index contributed by atoms with van der Waals surface area (Å²) in [5.41, 5.74) is 0.679. The van der Waals surface area contributed by atoms with Crippen molar-refractivity contribution in [2.75, 3.05) is 14.1 Å². The first-order valence-electron chi connectivity index (χ1n) is 5.48. The third kappa shape index (κ3) is 3.31. The quantitative estimate of drug-likeness (QED) is 0.673. The summed E-state index contributed by atoms with van der Waals surface area (Å²) in [5, 5.41) is 17.1. The van der Waals surface area contributed by atoms with Crippen LogP contribution in [0.5, 0.6) is 5.75 Å². The Balaban J connectivity index is 2.31. The lowest BCUT2D eigenvalue weighted by molar-refractivity contribution is 0.475. The summed E-state index contributed by atoms with van der Waals surface area (Å²) >= 11 is 0.926. The molecule has 20 heavy (non-hydrogen) atoms. The molecule has 106 valence electrons. The van der Waals surface area contributed by atoms with Gasteiger partial charge in [0.25, 0.3) is 4.34 Å². The second kappa shape index (κ2) is 5.55. The molecule has 0 aliphatic carbocycles.